The van der Waals surface area contributed by atoms with Gasteiger partial charge in [-0.2, -0.15) is 0 Å². The van der Waals surface area contributed by atoms with Crippen molar-refractivity contribution in [2.75, 3.05) is 6.61 Å². The van der Waals surface area contributed by atoms with Crippen LogP contribution in [-0.2, 0) is 4.74 Å². The van der Waals surface area contributed by atoms with E-state index in [0.29, 0.717) is 6.61 Å². The molecular formula is C14H23F2IO. The van der Waals surface area contributed by atoms with Crippen LogP contribution in [0.1, 0.15) is 45.4 Å². The highest BCUT2D eigenvalue weighted by Crippen LogP contribution is 2.34. The van der Waals surface area contributed by atoms with E-state index < -0.39 is 12.3 Å². The first-order valence-corrected chi connectivity index (χ1v) is 8.36. The molecule has 1 nitrogen and oxygen atoms in total. The molecule has 2 aliphatic carbocycles. The Morgan fingerprint density at radius 1 is 1.00 bits per heavy atom. The van der Waals surface area contributed by atoms with Crippen molar-refractivity contribution in [2.24, 2.45) is 11.8 Å². The molecule has 4 unspecified atom stereocenters. The van der Waals surface area contributed by atoms with Crippen molar-refractivity contribution in [3.05, 3.63) is 0 Å². The van der Waals surface area contributed by atoms with Gasteiger partial charge in [-0.15, -0.1) is 0 Å². The Hall–Kier alpha value is 0.550. The molecule has 2 fully saturated rings. The van der Waals surface area contributed by atoms with Crippen LogP contribution in [0.15, 0.2) is 0 Å². The highest BCUT2D eigenvalue weighted by molar-refractivity contribution is 14.1. The van der Waals surface area contributed by atoms with Gasteiger partial charge in [-0.05, 0) is 44.4 Å². The second kappa shape index (κ2) is 6.82. The van der Waals surface area contributed by atoms with Crippen LogP contribution in [0.25, 0.3) is 0 Å². The van der Waals surface area contributed by atoms with Gasteiger partial charge in [-0.3, -0.25) is 0 Å². The molecule has 0 N–H and O–H groups in total. The Morgan fingerprint density at radius 2 is 1.67 bits per heavy atom. The number of hydrogen-bond donors (Lipinski definition) is 0. The fourth-order valence-electron chi connectivity index (χ4n) is 2.99. The minimum absolute atomic E-state index is 0.134. The summed E-state index contributed by atoms with van der Waals surface area (Å²) in [6.07, 6.45) is 3.75. The summed E-state index contributed by atoms with van der Waals surface area (Å²) in [7, 11) is 0. The van der Waals surface area contributed by atoms with Crippen LogP contribution < -0.4 is 0 Å². The minimum Gasteiger partial charge on any atom is -0.378 e. The van der Waals surface area contributed by atoms with E-state index in [2.05, 4.69) is 22.6 Å². The molecule has 106 valence electrons. The summed E-state index contributed by atoms with van der Waals surface area (Å²) in [5.74, 6) is -0.362. The summed E-state index contributed by atoms with van der Waals surface area (Å²) >= 11 is 2.48. The molecule has 0 radical (unpaired) electrons. The molecular weight excluding hydrogens is 349 g/mol. The number of ether oxygens (including phenoxy) is 1. The zero-order valence-electron chi connectivity index (χ0n) is 11.0. The molecule has 4 heteroatoms. The fraction of sp³-hybridized carbons (Fsp3) is 1.00. The van der Waals surface area contributed by atoms with E-state index in [1.165, 1.54) is 12.8 Å². The van der Waals surface area contributed by atoms with Crippen molar-refractivity contribution in [3.63, 3.8) is 0 Å². The average molecular weight is 372 g/mol. The Kier molecular flexibility index (Phi) is 5.66. The number of alkyl halides is 3. The van der Waals surface area contributed by atoms with Gasteiger partial charge in [0.2, 0.25) is 0 Å². The van der Waals surface area contributed by atoms with Crippen LogP contribution in [0.5, 0.6) is 0 Å². The second-order valence-electron chi connectivity index (χ2n) is 5.91. The molecule has 4 atom stereocenters. The van der Waals surface area contributed by atoms with Crippen molar-refractivity contribution in [1.82, 2.24) is 0 Å². The molecule has 0 aliphatic heterocycles. The van der Waals surface area contributed by atoms with Crippen molar-refractivity contribution in [1.29, 1.82) is 0 Å². The first kappa shape index (κ1) is 14.9. The highest BCUT2D eigenvalue weighted by Gasteiger charge is 2.38. The summed E-state index contributed by atoms with van der Waals surface area (Å²) in [6.45, 7) is 2.21. The lowest BCUT2D eigenvalue weighted by molar-refractivity contribution is -0.0465. The predicted octanol–water partition coefficient (Wildman–Crippen LogP) is 4.47. The van der Waals surface area contributed by atoms with Gasteiger partial charge in [0.05, 0.1) is 12.7 Å². The van der Waals surface area contributed by atoms with Crippen LogP contribution >= 0.6 is 22.6 Å². The normalized spacial score (nSPS) is 46.0. The summed E-state index contributed by atoms with van der Waals surface area (Å²) < 4.78 is 34.0. The van der Waals surface area contributed by atoms with Gasteiger partial charge >= 0.3 is 0 Å². The number of halogens is 3. The lowest BCUT2D eigenvalue weighted by Crippen LogP contribution is -2.39. The van der Waals surface area contributed by atoms with Crippen LogP contribution in [-0.4, -0.2) is 29.0 Å². The summed E-state index contributed by atoms with van der Waals surface area (Å²) in [4.78, 5) is 0. The van der Waals surface area contributed by atoms with Gasteiger partial charge in [0.1, 0.15) is 12.3 Å². The summed E-state index contributed by atoms with van der Waals surface area (Å²) in [5, 5.41) is 0. The fourth-order valence-corrected chi connectivity index (χ4v) is 3.71. The molecule has 2 saturated carbocycles. The topological polar surface area (TPSA) is 9.23 Å². The molecule has 0 bridgehead atoms. The largest absolute Gasteiger partial charge is 0.378 e. The van der Waals surface area contributed by atoms with Gasteiger partial charge < -0.3 is 4.74 Å². The van der Waals surface area contributed by atoms with Gasteiger partial charge in [0.25, 0.3) is 0 Å². The Morgan fingerprint density at radius 3 is 2.33 bits per heavy atom. The molecule has 0 spiro atoms. The van der Waals surface area contributed by atoms with E-state index in [4.69, 9.17) is 4.74 Å². The van der Waals surface area contributed by atoms with E-state index in [1.807, 2.05) is 0 Å². The van der Waals surface area contributed by atoms with E-state index in [1.54, 1.807) is 6.92 Å². The van der Waals surface area contributed by atoms with E-state index >= 15 is 0 Å². The summed E-state index contributed by atoms with van der Waals surface area (Å²) in [6, 6.07) is 0. The minimum atomic E-state index is -1.32. The highest BCUT2D eigenvalue weighted by atomic mass is 127. The third kappa shape index (κ3) is 3.78. The standard InChI is InChI=1S/C14H23F2IO/c1-9-2-3-10(14(16)13(9)15)8-18-12-6-4-11(17)5-7-12/h9-14H,2-8H2,1H3. The molecule has 0 amide bonds. The monoisotopic (exact) mass is 372 g/mol. The smallest absolute Gasteiger partial charge is 0.136 e. The van der Waals surface area contributed by atoms with Crippen molar-refractivity contribution in [2.45, 2.75) is 67.8 Å². The van der Waals surface area contributed by atoms with Gasteiger partial charge in [-0.1, -0.05) is 29.5 Å². The SMILES string of the molecule is CC1CCC(COC2CCC(I)CC2)C(F)C1F. The quantitative estimate of drug-likeness (QED) is 0.525. The molecule has 2 rings (SSSR count). The zero-order chi connectivity index (χ0) is 13.1. The van der Waals surface area contributed by atoms with E-state index in [9.17, 15) is 8.78 Å². The Bertz CT molecular complexity index is 256. The van der Waals surface area contributed by atoms with E-state index in [-0.39, 0.29) is 17.9 Å². The lowest BCUT2D eigenvalue weighted by atomic mass is 9.80. The number of rotatable bonds is 3. The molecule has 0 saturated heterocycles. The Labute approximate surface area is 122 Å². The van der Waals surface area contributed by atoms with Crippen LogP contribution in [0.3, 0.4) is 0 Å². The lowest BCUT2D eigenvalue weighted by Gasteiger charge is -2.34. The van der Waals surface area contributed by atoms with Gasteiger partial charge in [-0.25, -0.2) is 8.78 Å². The maximum Gasteiger partial charge on any atom is 0.136 e. The molecule has 18 heavy (non-hydrogen) atoms. The van der Waals surface area contributed by atoms with Crippen LogP contribution in [0.4, 0.5) is 8.78 Å². The molecule has 2 aliphatic rings. The maximum absolute atomic E-state index is 13.9. The molecule has 0 aromatic rings. The summed E-state index contributed by atoms with van der Waals surface area (Å²) in [5.41, 5.74) is 0. The third-order valence-corrected chi connectivity index (χ3v) is 5.69. The number of hydrogen-bond acceptors (Lipinski definition) is 1. The Balaban J connectivity index is 1.73. The van der Waals surface area contributed by atoms with Gasteiger partial charge in [0.15, 0.2) is 0 Å². The van der Waals surface area contributed by atoms with Crippen molar-refractivity contribution in [3.8, 4) is 0 Å². The molecule has 0 heterocycles. The molecule has 0 aromatic heterocycles. The van der Waals surface area contributed by atoms with Crippen molar-refractivity contribution >= 4 is 22.6 Å². The maximum atomic E-state index is 13.9. The average Bonchev–Trinajstić information content (AvgIpc) is 2.37. The first-order chi connectivity index (χ1) is 8.58. The van der Waals surface area contributed by atoms with Crippen LogP contribution in [0, 0.1) is 11.8 Å². The molecule has 0 aromatic carbocycles. The van der Waals surface area contributed by atoms with Crippen molar-refractivity contribution < 1.29 is 13.5 Å². The third-order valence-electron chi connectivity index (χ3n) is 4.44. The second-order valence-corrected chi connectivity index (χ2v) is 7.67. The first-order valence-electron chi connectivity index (χ1n) is 7.11. The van der Waals surface area contributed by atoms with E-state index in [0.717, 1.165) is 29.6 Å². The van der Waals surface area contributed by atoms with Gasteiger partial charge in [0, 0.05) is 9.84 Å². The zero-order valence-corrected chi connectivity index (χ0v) is 13.1. The predicted molar refractivity (Wildman–Crippen MR) is 77.7 cm³/mol. The van der Waals surface area contributed by atoms with Crippen LogP contribution in [0.2, 0.25) is 0 Å².